The summed E-state index contributed by atoms with van der Waals surface area (Å²) in [5.41, 5.74) is 0.494. The van der Waals surface area contributed by atoms with Crippen LogP contribution in [-0.4, -0.2) is 62.1 Å². The molecule has 3 fully saturated rings. The predicted octanol–water partition coefficient (Wildman–Crippen LogP) is 4.19. The zero-order valence-electron chi connectivity index (χ0n) is 18.3. The minimum Gasteiger partial charge on any atom is -0.469 e. The van der Waals surface area contributed by atoms with Crippen molar-refractivity contribution in [1.82, 2.24) is 9.80 Å². The third-order valence-corrected chi connectivity index (χ3v) is 7.48. The molecule has 0 aromatic heterocycles. The van der Waals surface area contributed by atoms with E-state index in [1.54, 1.807) is 7.11 Å². The lowest BCUT2D eigenvalue weighted by molar-refractivity contribution is -0.149. The third kappa shape index (κ3) is 5.47. The van der Waals surface area contributed by atoms with Crippen molar-refractivity contribution in [2.75, 3.05) is 46.4 Å². The lowest BCUT2D eigenvalue weighted by atomic mass is 9.70. The highest BCUT2D eigenvalue weighted by Gasteiger charge is 2.51. The van der Waals surface area contributed by atoms with E-state index in [0.717, 1.165) is 51.5 Å². The van der Waals surface area contributed by atoms with Gasteiger partial charge in [0.25, 0.3) is 0 Å². The van der Waals surface area contributed by atoms with Crippen molar-refractivity contribution in [3.63, 3.8) is 0 Å². The van der Waals surface area contributed by atoms with Crippen LogP contribution in [0.4, 0.5) is 0 Å². The number of esters is 1. The van der Waals surface area contributed by atoms with Crippen LogP contribution >= 0.6 is 0 Å². The second-order valence-electron chi connectivity index (χ2n) is 10.8. The van der Waals surface area contributed by atoms with Gasteiger partial charge in [0.15, 0.2) is 0 Å². The van der Waals surface area contributed by atoms with E-state index in [4.69, 9.17) is 4.74 Å². The molecule has 1 saturated carbocycles. The van der Waals surface area contributed by atoms with Gasteiger partial charge in [0.2, 0.25) is 0 Å². The first-order chi connectivity index (χ1) is 12.8. The number of rotatable bonds is 5. The molecule has 2 aliphatic heterocycles. The molecule has 0 N–H and O–H groups in total. The molecule has 1 spiro atoms. The highest BCUT2D eigenvalue weighted by molar-refractivity contribution is 5.74. The van der Waals surface area contributed by atoms with Crippen molar-refractivity contribution in [3.05, 3.63) is 0 Å². The first-order valence-corrected chi connectivity index (χ1v) is 11.3. The van der Waals surface area contributed by atoms with Gasteiger partial charge in [-0.05, 0) is 63.1 Å². The molecule has 1 unspecified atom stereocenters. The van der Waals surface area contributed by atoms with Gasteiger partial charge in [-0.25, -0.2) is 0 Å². The van der Waals surface area contributed by atoms with Crippen LogP contribution in [0.1, 0.15) is 72.1 Å². The van der Waals surface area contributed by atoms with Gasteiger partial charge in [-0.3, -0.25) is 4.79 Å². The molecule has 27 heavy (non-hydrogen) atoms. The average molecular weight is 379 g/mol. The average Bonchev–Trinajstić information content (AvgIpc) is 3.00. The number of hydrogen-bond acceptors (Lipinski definition) is 4. The number of methoxy groups -OCH3 is 1. The van der Waals surface area contributed by atoms with Crippen LogP contribution in [0.2, 0.25) is 0 Å². The minimum absolute atomic E-state index is 0.0222. The zero-order chi connectivity index (χ0) is 19.5. The van der Waals surface area contributed by atoms with Crippen molar-refractivity contribution in [1.29, 1.82) is 0 Å². The Hall–Kier alpha value is -0.610. The first-order valence-electron chi connectivity index (χ1n) is 11.3. The highest BCUT2D eigenvalue weighted by Crippen LogP contribution is 2.46. The molecule has 0 aromatic rings. The molecule has 0 bridgehead atoms. The predicted molar refractivity (Wildman–Crippen MR) is 111 cm³/mol. The SMILES string of the molecule is COC(=O)C1CN(CCC(C)(C)C)CC12CCN(CC1CCCCC1)CC2. The van der Waals surface area contributed by atoms with Gasteiger partial charge in [0.05, 0.1) is 13.0 Å². The van der Waals surface area contributed by atoms with Gasteiger partial charge in [0, 0.05) is 25.0 Å². The van der Waals surface area contributed by atoms with Crippen LogP contribution in [0.5, 0.6) is 0 Å². The Morgan fingerprint density at radius 1 is 1.07 bits per heavy atom. The van der Waals surface area contributed by atoms with Crippen LogP contribution in [0.25, 0.3) is 0 Å². The molecule has 0 radical (unpaired) electrons. The molecule has 3 rings (SSSR count). The maximum Gasteiger partial charge on any atom is 0.310 e. The number of nitrogens with zero attached hydrogens (tertiary/aromatic N) is 2. The Balaban J connectivity index is 1.57. The molecule has 4 heteroatoms. The fourth-order valence-corrected chi connectivity index (χ4v) is 5.62. The Kier molecular flexibility index (Phi) is 6.89. The van der Waals surface area contributed by atoms with Crippen molar-refractivity contribution in [2.24, 2.45) is 22.7 Å². The third-order valence-electron chi connectivity index (χ3n) is 7.48. The standard InChI is InChI=1S/C23H42N2O2/c1-22(2,3)10-13-25-17-20(21(26)27-4)23(18-25)11-14-24(15-12-23)16-19-8-6-5-7-9-19/h19-20H,5-18H2,1-4H3. The number of piperidine rings is 1. The second-order valence-corrected chi connectivity index (χ2v) is 10.8. The van der Waals surface area contributed by atoms with Crippen LogP contribution in [0.3, 0.4) is 0 Å². The van der Waals surface area contributed by atoms with Crippen molar-refractivity contribution in [3.8, 4) is 0 Å². The van der Waals surface area contributed by atoms with Crippen LogP contribution in [-0.2, 0) is 9.53 Å². The second kappa shape index (κ2) is 8.82. The van der Waals surface area contributed by atoms with E-state index >= 15 is 0 Å². The summed E-state index contributed by atoms with van der Waals surface area (Å²) in [5.74, 6) is 1.00. The number of ether oxygens (including phenoxy) is 1. The minimum atomic E-state index is 0.0222. The summed E-state index contributed by atoms with van der Waals surface area (Å²) >= 11 is 0. The molecule has 3 aliphatic rings. The Bertz CT molecular complexity index is 485. The normalized spacial score (nSPS) is 27.9. The molecule has 2 heterocycles. The van der Waals surface area contributed by atoms with Crippen molar-refractivity contribution in [2.45, 2.75) is 72.1 Å². The van der Waals surface area contributed by atoms with E-state index in [9.17, 15) is 4.79 Å². The van der Waals surface area contributed by atoms with Gasteiger partial charge in [0.1, 0.15) is 0 Å². The fourth-order valence-electron chi connectivity index (χ4n) is 5.62. The van der Waals surface area contributed by atoms with Crippen LogP contribution < -0.4 is 0 Å². The van der Waals surface area contributed by atoms with E-state index in [1.807, 2.05) is 0 Å². The summed E-state index contributed by atoms with van der Waals surface area (Å²) in [6, 6.07) is 0. The Labute approximate surface area is 167 Å². The van der Waals surface area contributed by atoms with E-state index in [1.165, 1.54) is 45.1 Å². The number of likely N-dealkylation sites (tertiary alicyclic amines) is 2. The molecule has 1 aliphatic carbocycles. The highest BCUT2D eigenvalue weighted by atomic mass is 16.5. The maximum absolute atomic E-state index is 12.6. The number of carbonyl (C=O) groups excluding carboxylic acids is 1. The summed E-state index contributed by atoms with van der Waals surface area (Å²) < 4.78 is 5.22. The summed E-state index contributed by atoms with van der Waals surface area (Å²) in [5, 5.41) is 0. The van der Waals surface area contributed by atoms with Gasteiger partial charge in [-0.15, -0.1) is 0 Å². The molecule has 156 valence electrons. The molecule has 1 atom stereocenters. The molecule has 0 aromatic carbocycles. The fraction of sp³-hybridized carbons (Fsp3) is 0.957. The summed E-state index contributed by atoms with van der Waals surface area (Å²) in [7, 11) is 1.56. The van der Waals surface area contributed by atoms with Crippen molar-refractivity contribution < 1.29 is 9.53 Å². The first kappa shape index (κ1) is 21.1. The topological polar surface area (TPSA) is 32.8 Å². The van der Waals surface area contributed by atoms with E-state index < -0.39 is 0 Å². The Morgan fingerprint density at radius 3 is 2.33 bits per heavy atom. The monoisotopic (exact) mass is 378 g/mol. The van der Waals surface area contributed by atoms with Gasteiger partial charge in [-0.2, -0.15) is 0 Å². The van der Waals surface area contributed by atoms with Gasteiger partial charge in [-0.1, -0.05) is 40.0 Å². The maximum atomic E-state index is 12.6. The molecule has 2 saturated heterocycles. The van der Waals surface area contributed by atoms with E-state index in [0.29, 0.717) is 5.41 Å². The smallest absolute Gasteiger partial charge is 0.310 e. The summed E-state index contributed by atoms with van der Waals surface area (Å²) in [6.45, 7) is 13.6. The molecular weight excluding hydrogens is 336 g/mol. The number of carbonyl (C=O) groups is 1. The lowest BCUT2D eigenvalue weighted by Gasteiger charge is -2.43. The van der Waals surface area contributed by atoms with Crippen molar-refractivity contribution >= 4 is 5.97 Å². The quantitative estimate of drug-likeness (QED) is 0.672. The largest absolute Gasteiger partial charge is 0.469 e. The van der Waals surface area contributed by atoms with Crippen LogP contribution in [0, 0.1) is 22.7 Å². The zero-order valence-corrected chi connectivity index (χ0v) is 18.3. The van der Waals surface area contributed by atoms with Gasteiger partial charge < -0.3 is 14.5 Å². The Morgan fingerprint density at radius 2 is 1.74 bits per heavy atom. The van der Waals surface area contributed by atoms with E-state index in [2.05, 4.69) is 30.6 Å². The summed E-state index contributed by atoms with van der Waals surface area (Å²) in [6.07, 6.45) is 10.6. The summed E-state index contributed by atoms with van der Waals surface area (Å²) in [4.78, 5) is 17.8. The van der Waals surface area contributed by atoms with E-state index in [-0.39, 0.29) is 17.3 Å². The molecule has 0 amide bonds. The molecular formula is C23H42N2O2. The van der Waals surface area contributed by atoms with Gasteiger partial charge >= 0.3 is 5.97 Å². The lowest BCUT2D eigenvalue weighted by Crippen LogP contribution is -2.47. The van der Waals surface area contributed by atoms with Crippen LogP contribution in [0.15, 0.2) is 0 Å². The molecule has 4 nitrogen and oxygen atoms in total. The number of hydrogen-bond donors (Lipinski definition) is 0.